The molecule has 2 aromatic heterocycles. The highest BCUT2D eigenvalue weighted by atomic mass is 79.9. The van der Waals surface area contributed by atoms with Crippen LogP contribution in [0.5, 0.6) is 0 Å². The number of hydrogen-bond donors (Lipinski definition) is 0. The predicted octanol–water partition coefficient (Wildman–Crippen LogP) is 4.09. The maximum absolute atomic E-state index is 4.38. The summed E-state index contributed by atoms with van der Waals surface area (Å²) in [6, 6.07) is 3.96. The maximum atomic E-state index is 4.38. The van der Waals surface area contributed by atoms with Gasteiger partial charge < -0.3 is 0 Å². The van der Waals surface area contributed by atoms with Gasteiger partial charge in [-0.15, -0.1) is 11.3 Å². The summed E-state index contributed by atoms with van der Waals surface area (Å²) >= 11 is 5.08. The number of nitrogens with zero attached hydrogens (tertiary/aromatic N) is 2. The van der Waals surface area contributed by atoms with Crippen molar-refractivity contribution in [3.63, 3.8) is 0 Å². The molecule has 0 saturated heterocycles. The molecular weight excluding hydrogens is 272 g/mol. The molecule has 0 N–H and O–H groups in total. The van der Waals surface area contributed by atoms with E-state index in [4.69, 9.17) is 0 Å². The molecule has 0 aliphatic heterocycles. The normalized spacial score (nSPS) is 10.9. The Bertz CT molecular complexity index is 448. The summed E-state index contributed by atoms with van der Waals surface area (Å²) in [5.41, 5.74) is 0.940. The molecule has 0 unspecified atom stereocenters. The first-order valence-corrected chi connectivity index (χ1v) is 6.35. The summed E-state index contributed by atoms with van der Waals surface area (Å²) in [5, 5.41) is 0.992. The van der Waals surface area contributed by atoms with Gasteiger partial charge in [-0.2, -0.15) is 0 Å². The summed E-state index contributed by atoms with van der Waals surface area (Å²) in [5.74, 6) is 0.534. The van der Waals surface area contributed by atoms with Crippen molar-refractivity contribution in [1.29, 1.82) is 0 Å². The summed E-state index contributed by atoms with van der Waals surface area (Å²) in [6.45, 7) is 4.35. The molecule has 2 heterocycles. The minimum atomic E-state index is 0.534. The molecule has 0 amide bonds. The van der Waals surface area contributed by atoms with E-state index in [1.165, 1.54) is 4.88 Å². The van der Waals surface area contributed by atoms with Gasteiger partial charge in [0, 0.05) is 21.7 Å². The topological polar surface area (TPSA) is 25.8 Å². The molecule has 2 aromatic rings. The lowest BCUT2D eigenvalue weighted by Crippen LogP contribution is -1.80. The lowest BCUT2D eigenvalue weighted by Gasteiger charge is -1.97. The van der Waals surface area contributed by atoms with Crippen LogP contribution in [-0.2, 0) is 0 Å². The highest BCUT2D eigenvalue weighted by molar-refractivity contribution is 9.10. The third-order valence-electron chi connectivity index (χ3n) is 2.04. The summed E-state index contributed by atoms with van der Waals surface area (Å²) < 4.78 is 0.992. The van der Waals surface area contributed by atoms with Crippen LogP contribution in [0.4, 0.5) is 0 Å². The van der Waals surface area contributed by atoms with Crippen LogP contribution in [0.25, 0.3) is 10.7 Å². The zero-order valence-electron chi connectivity index (χ0n) is 8.57. The molecule has 4 heteroatoms. The minimum absolute atomic E-state index is 0.534. The van der Waals surface area contributed by atoms with Crippen molar-refractivity contribution in [1.82, 2.24) is 9.97 Å². The van der Waals surface area contributed by atoms with E-state index < -0.39 is 0 Å². The molecule has 2 nitrogen and oxygen atoms in total. The number of rotatable bonds is 2. The van der Waals surface area contributed by atoms with Crippen LogP contribution in [0.1, 0.15) is 24.6 Å². The Kier molecular flexibility index (Phi) is 3.17. The van der Waals surface area contributed by atoms with Gasteiger partial charge in [0.15, 0.2) is 0 Å². The third kappa shape index (κ3) is 2.44. The Morgan fingerprint density at radius 1 is 1.20 bits per heavy atom. The van der Waals surface area contributed by atoms with E-state index >= 15 is 0 Å². The van der Waals surface area contributed by atoms with Crippen LogP contribution in [-0.4, -0.2) is 9.97 Å². The predicted molar refractivity (Wildman–Crippen MR) is 67.1 cm³/mol. The Labute approximate surface area is 102 Å². The molecule has 0 atom stereocenters. The van der Waals surface area contributed by atoms with E-state index in [1.807, 2.05) is 18.3 Å². The lowest BCUT2D eigenvalue weighted by molar-refractivity contribution is 0.885. The molecule has 0 saturated carbocycles. The molecule has 0 spiro atoms. The first-order chi connectivity index (χ1) is 7.16. The maximum Gasteiger partial charge on any atom is 0.142 e. The Morgan fingerprint density at radius 3 is 2.53 bits per heavy atom. The van der Waals surface area contributed by atoms with Crippen molar-refractivity contribution in [2.75, 3.05) is 0 Å². The second-order valence-corrected chi connectivity index (χ2v) is 5.56. The molecule has 0 radical (unpaired) electrons. The average molecular weight is 283 g/mol. The van der Waals surface area contributed by atoms with Crippen molar-refractivity contribution in [3.8, 4) is 10.7 Å². The Morgan fingerprint density at radius 2 is 2.00 bits per heavy atom. The molecule has 15 heavy (non-hydrogen) atoms. The molecule has 78 valence electrons. The standard InChI is InChI=1S/C11H11BrN2S/c1-7(2)10-6-14-11(15-10)9-4-3-8(12)5-13-9/h3-7H,1-2H3. The van der Waals surface area contributed by atoms with E-state index in [0.29, 0.717) is 5.92 Å². The molecule has 0 aromatic carbocycles. The van der Waals surface area contributed by atoms with E-state index in [9.17, 15) is 0 Å². The zero-order valence-corrected chi connectivity index (χ0v) is 11.0. The Hall–Kier alpha value is -0.740. The van der Waals surface area contributed by atoms with Crippen molar-refractivity contribution in [3.05, 3.63) is 33.9 Å². The van der Waals surface area contributed by atoms with E-state index in [1.54, 1.807) is 17.5 Å². The van der Waals surface area contributed by atoms with Gasteiger partial charge in [-0.3, -0.25) is 4.98 Å². The van der Waals surface area contributed by atoms with Gasteiger partial charge in [0.1, 0.15) is 5.01 Å². The van der Waals surface area contributed by atoms with Crippen molar-refractivity contribution >= 4 is 27.3 Å². The molecule has 2 rings (SSSR count). The number of aromatic nitrogens is 2. The smallest absolute Gasteiger partial charge is 0.142 e. The van der Waals surface area contributed by atoms with Gasteiger partial charge in [0.2, 0.25) is 0 Å². The quantitative estimate of drug-likeness (QED) is 0.829. The summed E-state index contributed by atoms with van der Waals surface area (Å²) in [4.78, 5) is 10.0. The first-order valence-electron chi connectivity index (χ1n) is 4.74. The van der Waals surface area contributed by atoms with Crippen molar-refractivity contribution < 1.29 is 0 Å². The van der Waals surface area contributed by atoms with Gasteiger partial charge in [0.05, 0.1) is 5.69 Å². The Balaban J connectivity index is 2.33. The summed E-state index contributed by atoms with van der Waals surface area (Å²) in [7, 11) is 0. The monoisotopic (exact) mass is 282 g/mol. The fourth-order valence-corrected chi connectivity index (χ4v) is 2.30. The van der Waals surface area contributed by atoms with E-state index in [0.717, 1.165) is 15.2 Å². The van der Waals surface area contributed by atoms with Crippen LogP contribution in [0.2, 0.25) is 0 Å². The van der Waals surface area contributed by atoms with Crippen LogP contribution in [0.3, 0.4) is 0 Å². The summed E-state index contributed by atoms with van der Waals surface area (Å²) in [6.07, 6.45) is 3.74. The van der Waals surface area contributed by atoms with Crippen LogP contribution < -0.4 is 0 Å². The molecule has 0 aliphatic rings. The molecule has 0 aliphatic carbocycles. The largest absolute Gasteiger partial charge is 0.253 e. The number of hydrogen-bond acceptors (Lipinski definition) is 3. The number of pyridine rings is 1. The minimum Gasteiger partial charge on any atom is -0.253 e. The van der Waals surface area contributed by atoms with Crippen LogP contribution in [0, 0.1) is 0 Å². The zero-order chi connectivity index (χ0) is 10.8. The lowest BCUT2D eigenvalue weighted by atomic mass is 10.2. The third-order valence-corrected chi connectivity index (χ3v) is 3.83. The van der Waals surface area contributed by atoms with E-state index in [-0.39, 0.29) is 0 Å². The molecular formula is C11H11BrN2S. The first kappa shape index (κ1) is 10.8. The van der Waals surface area contributed by atoms with Crippen molar-refractivity contribution in [2.45, 2.75) is 19.8 Å². The van der Waals surface area contributed by atoms with Crippen LogP contribution >= 0.6 is 27.3 Å². The SMILES string of the molecule is CC(C)c1cnc(-c2ccc(Br)cn2)s1. The van der Waals surface area contributed by atoms with E-state index in [2.05, 4.69) is 39.7 Å². The number of thiazole rings is 1. The second-order valence-electron chi connectivity index (χ2n) is 3.58. The van der Waals surface area contributed by atoms with Gasteiger partial charge in [0.25, 0.3) is 0 Å². The average Bonchev–Trinajstić information content (AvgIpc) is 2.68. The van der Waals surface area contributed by atoms with Gasteiger partial charge >= 0.3 is 0 Å². The highest BCUT2D eigenvalue weighted by Crippen LogP contribution is 2.28. The van der Waals surface area contributed by atoms with Crippen molar-refractivity contribution in [2.24, 2.45) is 0 Å². The van der Waals surface area contributed by atoms with Gasteiger partial charge in [-0.25, -0.2) is 4.98 Å². The second kappa shape index (κ2) is 4.41. The highest BCUT2D eigenvalue weighted by Gasteiger charge is 2.07. The fourth-order valence-electron chi connectivity index (χ4n) is 1.17. The van der Waals surface area contributed by atoms with Gasteiger partial charge in [-0.05, 0) is 34.0 Å². The fraction of sp³-hybridized carbons (Fsp3) is 0.273. The number of halogens is 1. The molecule has 0 fully saturated rings. The van der Waals surface area contributed by atoms with Crippen LogP contribution in [0.15, 0.2) is 29.0 Å². The van der Waals surface area contributed by atoms with Gasteiger partial charge in [-0.1, -0.05) is 13.8 Å². The molecule has 0 bridgehead atoms.